The van der Waals surface area contributed by atoms with Gasteiger partial charge in [0.1, 0.15) is 5.54 Å². The zero-order valence-electron chi connectivity index (χ0n) is 12.9. The highest BCUT2D eigenvalue weighted by Gasteiger charge is 2.46. The van der Waals surface area contributed by atoms with Gasteiger partial charge in [0.15, 0.2) is 0 Å². The van der Waals surface area contributed by atoms with E-state index < -0.39 is 17.7 Å². The molecule has 2 N–H and O–H groups in total. The average molecular weight is 306 g/mol. The fourth-order valence-corrected chi connectivity index (χ4v) is 2.30. The van der Waals surface area contributed by atoms with E-state index in [9.17, 15) is 14.7 Å². The van der Waals surface area contributed by atoms with Crippen LogP contribution in [0.4, 0.5) is 4.79 Å². The van der Waals surface area contributed by atoms with Crippen molar-refractivity contribution >= 4 is 11.9 Å². The molecule has 1 fully saturated rings. The molecule has 1 heterocycles. The Morgan fingerprint density at radius 1 is 1.32 bits per heavy atom. The Balaban J connectivity index is 1.81. The molecule has 0 unspecified atom stereocenters. The van der Waals surface area contributed by atoms with Crippen molar-refractivity contribution in [3.8, 4) is 0 Å². The van der Waals surface area contributed by atoms with E-state index in [4.69, 9.17) is 4.74 Å². The van der Waals surface area contributed by atoms with E-state index in [1.165, 1.54) is 0 Å². The number of aliphatic hydroxyl groups excluding tert-OH is 1. The molecule has 0 saturated carbocycles. The minimum absolute atomic E-state index is 0.0605. The number of hydrogen-bond donors (Lipinski definition) is 2. The van der Waals surface area contributed by atoms with Crippen molar-refractivity contribution < 1.29 is 19.4 Å². The number of carbonyl (C=O) groups excluding carboxylic acids is 2. The van der Waals surface area contributed by atoms with Crippen LogP contribution in [0, 0.1) is 0 Å². The van der Waals surface area contributed by atoms with Crippen LogP contribution in [0.1, 0.15) is 25.8 Å². The maximum Gasteiger partial charge on any atom is 0.325 e. The van der Waals surface area contributed by atoms with Crippen LogP contribution < -0.4 is 5.32 Å². The summed E-state index contributed by atoms with van der Waals surface area (Å²) >= 11 is 0. The van der Waals surface area contributed by atoms with E-state index in [2.05, 4.69) is 5.32 Å². The molecule has 3 amide bonds. The molecule has 0 radical (unpaired) electrons. The molecule has 0 bridgehead atoms. The maximum atomic E-state index is 12.2. The minimum Gasteiger partial charge on any atom is -0.389 e. The number of aliphatic hydroxyl groups is 1. The van der Waals surface area contributed by atoms with Crippen molar-refractivity contribution in [2.75, 3.05) is 13.2 Å². The van der Waals surface area contributed by atoms with Crippen molar-refractivity contribution in [2.45, 2.75) is 38.5 Å². The number of imide groups is 1. The van der Waals surface area contributed by atoms with Gasteiger partial charge in [0.2, 0.25) is 0 Å². The normalized spacial score (nSPS) is 22.8. The van der Waals surface area contributed by atoms with Gasteiger partial charge < -0.3 is 15.2 Å². The first kappa shape index (κ1) is 16.5. The number of urea groups is 1. The van der Waals surface area contributed by atoms with E-state index in [0.717, 1.165) is 10.5 Å². The Labute approximate surface area is 130 Å². The van der Waals surface area contributed by atoms with Crippen LogP contribution in [0.15, 0.2) is 30.3 Å². The number of ether oxygens (including phenoxy) is 1. The third kappa shape index (κ3) is 3.64. The van der Waals surface area contributed by atoms with Gasteiger partial charge in [-0.25, -0.2) is 4.79 Å². The summed E-state index contributed by atoms with van der Waals surface area (Å²) in [6.07, 6.45) is -0.396. The highest BCUT2D eigenvalue weighted by atomic mass is 16.5. The quantitative estimate of drug-likeness (QED) is 0.744. The molecule has 1 aromatic carbocycles. The van der Waals surface area contributed by atoms with Gasteiger partial charge >= 0.3 is 6.03 Å². The molecule has 2 atom stereocenters. The zero-order valence-corrected chi connectivity index (χ0v) is 12.9. The SMILES string of the molecule is CC[C@]1(C)NC(=O)N(C[C@@H](O)COCc2ccccc2)C1=O. The second-order valence-electron chi connectivity index (χ2n) is 5.69. The average Bonchev–Trinajstić information content (AvgIpc) is 2.72. The Morgan fingerprint density at radius 3 is 2.59 bits per heavy atom. The lowest BCUT2D eigenvalue weighted by molar-refractivity contribution is -0.132. The Kier molecular flexibility index (Phi) is 5.15. The topological polar surface area (TPSA) is 78.9 Å². The van der Waals surface area contributed by atoms with Gasteiger partial charge in [-0.15, -0.1) is 0 Å². The number of nitrogens with zero attached hydrogens (tertiary/aromatic N) is 1. The Morgan fingerprint density at radius 2 is 2.00 bits per heavy atom. The summed E-state index contributed by atoms with van der Waals surface area (Å²) in [6, 6.07) is 9.13. The molecule has 22 heavy (non-hydrogen) atoms. The van der Waals surface area contributed by atoms with Gasteiger partial charge in [0.25, 0.3) is 5.91 Å². The van der Waals surface area contributed by atoms with Gasteiger partial charge in [-0.3, -0.25) is 9.69 Å². The number of rotatable bonds is 7. The first-order chi connectivity index (χ1) is 10.5. The number of carbonyl (C=O) groups is 2. The Bertz CT molecular complexity index is 534. The number of benzene rings is 1. The fraction of sp³-hybridized carbons (Fsp3) is 0.500. The monoisotopic (exact) mass is 306 g/mol. The Hall–Kier alpha value is -1.92. The third-order valence-corrected chi connectivity index (χ3v) is 3.87. The summed E-state index contributed by atoms with van der Waals surface area (Å²) in [4.78, 5) is 25.1. The third-order valence-electron chi connectivity index (χ3n) is 3.87. The smallest absolute Gasteiger partial charge is 0.325 e. The summed E-state index contributed by atoms with van der Waals surface area (Å²) in [7, 11) is 0. The first-order valence-electron chi connectivity index (χ1n) is 7.40. The molecule has 0 aromatic heterocycles. The van der Waals surface area contributed by atoms with E-state index in [-0.39, 0.29) is 19.1 Å². The second-order valence-corrected chi connectivity index (χ2v) is 5.69. The maximum absolute atomic E-state index is 12.2. The van der Waals surface area contributed by atoms with Crippen LogP contribution in [-0.4, -0.2) is 46.7 Å². The number of β-amino-alcohol motifs (C(OH)–C–C–N with tert-alkyl or cyclic N) is 1. The summed E-state index contributed by atoms with van der Waals surface area (Å²) in [5.41, 5.74) is 0.130. The predicted molar refractivity (Wildman–Crippen MR) is 81.0 cm³/mol. The lowest BCUT2D eigenvalue weighted by Crippen LogP contribution is -2.44. The van der Waals surface area contributed by atoms with E-state index in [1.54, 1.807) is 6.92 Å². The molecular weight excluding hydrogens is 284 g/mol. The van der Waals surface area contributed by atoms with Gasteiger partial charge in [-0.1, -0.05) is 37.3 Å². The summed E-state index contributed by atoms with van der Waals surface area (Å²) < 4.78 is 5.42. The van der Waals surface area contributed by atoms with Crippen molar-refractivity contribution in [3.05, 3.63) is 35.9 Å². The van der Waals surface area contributed by atoms with Crippen molar-refractivity contribution in [2.24, 2.45) is 0 Å². The van der Waals surface area contributed by atoms with Crippen LogP contribution in [-0.2, 0) is 16.1 Å². The molecule has 2 rings (SSSR count). The molecule has 1 aromatic rings. The number of amides is 3. The van der Waals surface area contributed by atoms with Crippen molar-refractivity contribution in [1.29, 1.82) is 0 Å². The van der Waals surface area contributed by atoms with E-state index >= 15 is 0 Å². The molecule has 6 nitrogen and oxygen atoms in total. The summed E-state index contributed by atoms with van der Waals surface area (Å²) in [5.74, 6) is -0.304. The lowest BCUT2D eigenvalue weighted by atomic mass is 9.99. The van der Waals surface area contributed by atoms with Crippen LogP contribution in [0.2, 0.25) is 0 Å². The molecule has 1 saturated heterocycles. The minimum atomic E-state index is -0.905. The molecule has 120 valence electrons. The summed E-state index contributed by atoms with van der Waals surface area (Å²) in [6.45, 7) is 3.90. The summed E-state index contributed by atoms with van der Waals surface area (Å²) in [5, 5.41) is 12.6. The highest BCUT2D eigenvalue weighted by Crippen LogP contribution is 2.20. The van der Waals surface area contributed by atoms with Gasteiger partial charge in [0.05, 0.1) is 25.9 Å². The lowest BCUT2D eigenvalue weighted by Gasteiger charge is -2.21. The number of nitrogens with one attached hydrogen (secondary N) is 1. The molecule has 0 spiro atoms. The van der Waals surface area contributed by atoms with Crippen LogP contribution >= 0.6 is 0 Å². The van der Waals surface area contributed by atoms with Gasteiger partial charge in [0, 0.05) is 0 Å². The molecule has 0 aliphatic carbocycles. The zero-order chi connectivity index (χ0) is 16.2. The predicted octanol–water partition coefficient (Wildman–Crippen LogP) is 1.28. The van der Waals surface area contributed by atoms with E-state index in [0.29, 0.717) is 13.0 Å². The van der Waals surface area contributed by atoms with Crippen molar-refractivity contribution in [1.82, 2.24) is 10.2 Å². The van der Waals surface area contributed by atoms with Crippen LogP contribution in [0.5, 0.6) is 0 Å². The van der Waals surface area contributed by atoms with E-state index in [1.807, 2.05) is 37.3 Å². The largest absolute Gasteiger partial charge is 0.389 e. The first-order valence-corrected chi connectivity index (χ1v) is 7.40. The van der Waals surface area contributed by atoms with Crippen molar-refractivity contribution in [3.63, 3.8) is 0 Å². The molecule has 1 aliphatic heterocycles. The number of hydrogen-bond acceptors (Lipinski definition) is 4. The van der Waals surface area contributed by atoms with Gasteiger partial charge in [-0.05, 0) is 18.9 Å². The standard InChI is InChI=1S/C16H22N2O4/c1-3-16(2)14(20)18(15(21)17-16)9-13(19)11-22-10-12-7-5-4-6-8-12/h4-8,13,19H,3,9-11H2,1-2H3,(H,17,21)/t13-,16+/m1/s1. The van der Waals surface area contributed by atoms with Crippen LogP contribution in [0.25, 0.3) is 0 Å². The highest BCUT2D eigenvalue weighted by molar-refractivity contribution is 6.06. The van der Waals surface area contributed by atoms with Gasteiger partial charge in [-0.2, -0.15) is 0 Å². The molecular formula is C16H22N2O4. The fourth-order valence-electron chi connectivity index (χ4n) is 2.30. The van der Waals surface area contributed by atoms with Crippen LogP contribution in [0.3, 0.4) is 0 Å². The molecule has 6 heteroatoms. The second kappa shape index (κ2) is 6.89. The molecule has 1 aliphatic rings.